The SMILES string of the molecule is O=C(Cc1cc([N+](=O)[O-])cc([N+](=O)[O-])c1Cc1c(Cl)cc([N+](=O)[O-])cc1Cl)NCCO. The van der Waals surface area contributed by atoms with Crippen molar-refractivity contribution in [3.8, 4) is 0 Å². The molecule has 14 heteroatoms. The molecule has 12 nitrogen and oxygen atoms in total. The largest absolute Gasteiger partial charge is 0.395 e. The van der Waals surface area contributed by atoms with Crippen LogP contribution in [0.3, 0.4) is 0 Å². The average Bonchev–Trinajstić information content (AvgIpc) is 2.68. The predicted molar refractivity (Wildman–Crippen MR) is 109 cm³/mol. The number of nitrogens with zero attached hydrogens (tertiary/aromatic N) is 3. The van der Waals surface area contributed by atoms with Crippen LogP contribution in [0.2, 0.25) is 10.0 Å². The molecule has 0 radical (unpaired) electrons. The number of hydrogen-bond donors (Lipinski definition) is 2. The van der Waals surface area contributed by atoms with E-state index >= 15 is 0 Å². The highest BCUT2D eigenvalue weighted by Gasteiger charge is 2.27. The fourth-order valence-corrected chi connectivity index (χ4v) is 3.41. The molecule has 2 rings (SSSR count). The third-order valence-corrected chi connectivity index (χ3v) is 4.86. The minimum absolute atomic E-state index is 0.0261. The highest BCUT2D eigenvalue weighted by Crippen LogP contribution is 2.36. The molecule has 2 aromatic carbocycles. The van der Waals surface area contributed by atoms with Gasteiger partial charge in [-0.2, -0.15) is 0 Å². The smallest absolute Gasteiger partial charge is 0.280 e. The van der Waals surface area contributed by atoms with E-state index in [-0.39, 0.29) is 52.0 Å². The molecular formula is C17H14Cl2N4O8. The lowest BCUT2D eigenvalue weighted by Gasteiger charge is -2.13. The molecule has 0 bridgehead atoms. The summed E-state index contributed by atoms with van der Waals surface area (Å²) in [5.74, 6) is -0.633. The van der Waals surface area contributed by atoms with Gasteiger partial charge in [0.2, 0.25) is 5.91 Å². The molecule has 0 aromatic heterocycles. The van der Waals surface area contributed by atoms with Crippen LogP contribution in [0.1, 0.15) is 16.7 Å². The lowest BCUT2D eigenvalue weighted by molar-refractivity contribution is -0.394. The second-order valence-corrected chi connectivity index (χ2v) is 7.00. The van der Waals surface area contributed by atoms with Crippen molar-refractivity contribution in [2.75, 3.05) is 13.2 Å². The van der Waals surface area contributed by atoms with Gasteiger partial charge in [-0.25, -0.2) is 0 Å². The molecule has 164 valence electrons. The van der Waals surface area contributed by atoms with Crippen molar-refractivity contribution in [2.24, 2.45) is 0 Å². The Labute approximate surface area is 183 Å². The van der Waals surface area contributed by atoms with E-state index in [0.717, 1.165) is 24.3 Å². The van der Waals surface area contributed by atoms with Gasteiger partial charge in [-0.1, -0.05) is 23.2 Å². The van der Waals surface area contributed by atoms with Gasteiger partial charge in [0, 0.05) is 36.7 Å². The van der Waals surface area contributed by atoms with Crippen LogP contribution in [0.4, 0.5) is 17.1 Å². The van der Waals surface area contributed by atoms with E-state index in [9.17, 15) is 35.1 Å². The van der Waals surface area contributed by atoms with E-state index in [1.807, 2.05) is 0 Å². The van der Waals surface area contributed by atoms with Gasteiger partial charge in [-0.05, 0) is 11.1 Å². The number of carbonyl (C=O) groups is 1. The third-order valence-electron chi connectivity index (χ3n) is 4.19. The van der Waals surface area contributed by atoms with Crippen molar-refractivity contribution in [3.63, 3.8) is 0 Å². The number of non-ortho nitro benzene ring substituents is 2. The Morgan fingerprint density at radius 3 is 1.94 bits per heavy atom. The Balaban J connectivity index is 2.64. The maximum absolute atomic E-state index is 12.1. The molecule has 2 aromatic rings. The highest BCUT2D eigenvalue weighted by atomic mass is 35.5. The molecule has 0 aliphatic heterocycles. The molecule has 1 amide bonds. The van der Waals surface area contributed by atoms with Crippen LogP contribution in [0.15, 0.2) is 24.3 Å². The zero-order chi connectivity index (χ0) is 23.3. The van der Waals surface area contributed by atoms with Gasteiger partial charge in [0.1, 0.15) is 0 Å². The summed E-state index contributed by atoms with van der Waals surface area (Å²) in [6, 6.07) is 3.81. The van der Waals surface area contributed by atoms with Gasteiger partial charge in [-0.3, -0.25) is 35.1 Å². The number of rotatable bonds is 9. The summed E-state index contributed by atoms with van der Waals surface area (Å²) in [7, 11) is 0. The fraction of sp³-hybridized carbons (Fsp3) is 0.235. The van der Waals surface area contributed by atoms with Crippen molar-refractivity contribution < 1.29 is 24.7 Å². The van der Waals surface area contributed by atoms with E-state index in [2.05, 4.69) is 5.32 Å². The number of halogens is 2. The van der Waals surface area contributed by atoms with E-state index in [1.165, 1.54) is 0 Å². The zero-order valence-corrected chi connectivity index (χ0v) is 17.1. The van der Waals surface area contributed by atoms with E-state index in [0.29, 0.717) is 0 Å². The van der Waals surface area contributed by atoms with Gasteiger partial charge < -0.3 is 10.4 Å². The molecule has 31 heavy (non-hydrogen) atoms. The van der Waals surface area contributed by atoms with Crippen LogP contribution in [-0.4, -0.2) is 38.9 Å². The Morgan fingerprint density at radius 1 is 0.903 bits per heavy atom. The summed E-state index contributed by atoms with van der Waals surface area (Å²) in [6.45, 7) is -0.424. The Morgan fingerprint density at radius 2 is 1.45 bits per heavy atom. The molecule has 0 aliphatic rings. The zero-order valence-electron chi connectivity index (χ0n) is 15.5. The molecule has 0 fully saturated rings. The molecule has 0 saturated heterocycles. The molecule has 0 atom stereocenters. The Hall–Kier alpha value is -3.35. The minimum Gasteiger partial charge on any atom is -0.395 e. The first-order chi connectivity index (χ1) is 14.5. The fourth-order valence-electron chi connectivity index (χ4n) is 2.80. The van der Waals surface area contributed by atoms with Gasteiger partial charge in [0.15, 0.2) is 0 Å². The summed E-state index contributed by atoms with van der Waals surface area (Å²) in [5.41, 5.74) is -1.59. The van der Waals surface area contributed by atoms with Crippen molar-refractivity contribution in [1.82, 2.24) is 5.32 Å². The first kappa shape index (κ1) is 23.9. The van der Waals surface area contributed by atoms with Gasteiger partial charge in [-0.15, -0.1) is 0 Å². The van der Waals surface area contributed by atoms with Crippen LogP contribution in [0.25, 0.3) is 0 Å². The maximum Gasteiger partial charge on any atom is 0.280 e. The van der Waals surface area contributed by atoms with Crippen molar-refractivity contribution in [2.45, 2.75) is 12.8 Å². The molecule has 0 aliphatic carbocycles. The number of nitrogens with one attached hydrogen (secondary N) is 1. The quantitative estimate of drug-likeness (QED) is 0.412. The number of nitro benzene ring substituents is 3. The molecule has 0 spiro atoms. The van der Waals surface area contributed by atoms with Gasteiger partial charge in [0.25, 0.3) is 17.1 Å². The second-order valence-electron chi connectivity index (χ2n) is 6.19. The first-order valence-corrected chi connectivity index (χ1v) is 9.25. The van der Waals surface area contributed by atoms with Crippen LogP contribution in [0.5, 0.6) is 0 Å². The normalized spacial score (nSPS) is 10.5. The number of aliphatic hydroxyl groups excluding tert-OH is 1. The predicted octanol–water partition coefficient (Wildman–Crippen LogP) is 2.96. The summed E-state index contributed by atoms with van der Waals surface area (Å²) in [6.07, 6.45) is -0.771. The van der Waals surface area contributed by atoms with Crippen LogP contribution < -0.4 is 5.32 Å². The first-order valence-electron chi connectivity index (χ1n) is 8.49. The van der Waals surface area contributed by atoms with Crippen LogP contribution in [0, 0.1) is 30.3 Å². The summed E-state index contributed by atoms with van der Waals surface area (Å²) < 4.78 is 0. The number of benzene rings is 2. The monoisotopic (exact) mass is 472 g/mol. The van der Waals surface area contributed by atoms with Crippen LogP contribution in [-0.2, 0) is 17.6 Å². The summed E-state index contributed by atoms with van der Waals surface area (Å²) >= 11 is 12.2. The highest BCUT2D eigenvalue weighted by molar-refractivity contribution is 6.36. The second kappa shape index (κ2) is 10.1. The Bertz CT molecular complexity index is 1050. The number of nitro groups is 3. The summed E-state index contributed by atoms with van der Waals surface area (Å²) in [5, 5.41) is 44.7. The molecule has 0 heterocycles. The van der Waals surface area contributed by atoms with E-state index in [1.54, 1.807) is 0 Å². The molecule has 0 unspecified atom stereocenters. The van der Waals surface area contributed by atoms with Gasteiger partial charge in [0.05, 0.1) is 43.9 Å². The molecule has 2 N–H and O–H groups in total. The number of carbonyl (C=O) groups excluding carboxylic acids is 1. The van der Waals surface area contributed by atoms with E-state index in [4.69, 9.17) is 28.3 Å². The topological polar surface area (TPSA) is 179 Å². The molecular weight excluding hydrogens is 459 g/mol. The van der Waals surface area contributed by atoms with Crippen LogP contribution >= 0.6 is 23.2 Å². The number of aliphatic hydroxyl groups is 1. The number of amides is 1. The average molecular weight is 473 g/mol. The van der Waals surface area contributed by atoms with E-state index < -0.39 is 38.5 Å². The number of hydrogen-bond acceptors (Lipinski definition) is 8. The van der Waals surface area contributed by atoms with Crippen molar-refractivity contribution in [3.05, 3.63) is 81.3 Å². The summed E-state index contributed by atoms with van der Waals surface area (Å²) in [4.78, 5) is 43.5. The Kier molecular flexibility index (Phi) is 7.80. The maximum atomic E-state index is 12.1. The third kappa shape index (κ3) is 5.84. The minimum atomic E-state index is -0.843. The molecule has 0 saturated carbocycles. The van der Waals surface area contributed by atoms with Gasteiger partial charge >= 0.3 is 0 Å². The lowest BCUT2D eigenvalue weighted by atomic mass is 9.94. The van der Waals surface area contributed by atoms with Crippen molar-refractivity contribution in [1.29, 1.82) is 0 Å². The lowest BCUT2D eigenvalue weighted by Crippen LogP contribution is -2.28. The standard InChI is InChI=1S/C17H14Cl2N4O8/c18-14-5-11(22(28)29)6-15(19)13(14)8-12-9(4-17(25)20-1-2-24)3-10(21(26)27)7-16(12)23(30)31/h3,5-7,24H,1-2,4,8H2,(H,20,25). The van der Waals surface area contributed by atoms with Crippen molar-refractivity contribution >= 4 is 46.2 Å².